The molecule has 4 nitrogen and oxygen atoms in total. The van der Waals surface area contributed by atoms with E-state index < -0.39 is 19.7 Å². The third-order valence-corrected chi connectivity index (χ3v) is 14.6. The zero-order chi connectivity index (χ0) is 27.2. The molecule has 2 N–H and O–H groups in total. The average Bonchev–Trinajstić information content (AvgIpc) is 3.08. The lowest BCUT2D eigenvalue weighted by atomic mass is 9.68. The predicted molar refractivity (Wildman–Crippen MR) is 152 cm³/mol. The Morgan fingerprint density at radius 1 is 1.03 bits per heavy atom. The highest BCUT2D eigenvalue weighted by atomic mass is 28.4. The van der Waals surface area contributed by atoms with Gasteiger partial charge in [0.2, 0.25) is 0 Å². The first-order valence-electron chi connectivity index (χ1n) is 14.2. The van der Waals surface area contributed by atoms with Crippen LogP contribution in [0.2, 0.25) is 18.1 Å². The van der Waals surface area contributed by atoms with Crippen LogP contribution < -0.4 is 0 Å². The van der Waals surface area contributed by atoms with E-state index in [4.69, 9.17) is 9.16 Å². The molecule has 0 aromatic carbocycles. The Labute approximate surface area is 222 Å². The first kappa shape index (κ1) is 29.8. The van der Waals surface area contributed by atoms with E-state index in [1.165, 1.54) is 16.7 Å². The molecule has 0 amide bonds. The molecule has 1 heterocycles. The fourth-order valence-corrected chi connectivity index (χ4v) is 7.81. The van der Waals surface area contributed by atoms with Crippen LogP contribution in [0.5, 0.6) is 0 Å². The monoisotopic (exact) mass is 518 g/mol. The summed E-state index contributed by atoms with van der Waals surface area (Å²) in [5, 5.41) is 23.7. The second-order valence-corrected chi connectivity index (χ2v) is 18.9. The highest BCUT2D eigenvalue weighted by Crippen LogP contribution is 2.63. The number of allylic oxidation sites excluding steroid dienone is 5. The number of rotatable bonds is 2. The summed E-state index contributed by atoms with van der Waals surface area (Å²) in [6, 6.07) is 0. The first-order chi connectivity index (χ1) is 16.5. The van der Waals surface area contributed by atoms with Crippen LogP contribution in [-0.2, 0) is 9.16 Å². The fraction of sp³-hybridized carbons (Fsp3) is 0.806. The van der Waals surface area contributed by atoms with Crippen molar-refractivity contribution < 1.29 is 19.4 Å². The van der Waals surface area contributed by atoms with Gasteiger partial charge in [-0.15, -0.1) is 0 Å². The molecule has 6 atom stereocenters. The molecular formula is C31H54O4Si. The van der Waals surface area contributed by atoms with Gasteiger partial charge in [0.15, 0.2) is 14.1 Å². The minimum absolute atomic E-state index is 0.0673. The van der Waals surface area contributed by atoms with E-state index in [0.717, 1.165) is 32.1 Å². The van der Waals surface area contributed by atoms with E-state index in [0.29, 0.717) is 19.4 Å². The summed E-state index contributed by atoms with van der Waals surface area (Å²) in [5.41, 5.74) is 2.57. The van der Waals surface area contributed by atoms with Crippen molar-refractivity contribution in [3.05, 3.63) is 34.9 Å². The molecule has 3 aliphatic rings. The lowest BCUT2D eigenvalue weighted by Gasteiger charge is -2.41. The minimum Gasteiger partial charge on any atom is -0.410 e. The molecule has 0 spiro atoms. The number of ether oxygens (including phenoxy) is 1. The Morgan fingerprint density at radius 2 is 1.67 bits per heavy atom. The molecule has 5 heteroatoms. The second kappa shape index (κ2) is 10.4. The van der Waals surface area contributed by atoms with E-state index in [9.17, 15) is 10.2 Å². The molecule has 0 aromatic rings. The Morgan fingerprint density at radius 3 is 2.31 bits per heavy atom. The SMILES string of the molecule is C/C1=C\C[C@]2(C)C[C@]3(O)OC[C@@H](C)[C@]3(O)[C@H]2C/C=C(\C)[C@@H](O[Si](C)(C)C(C)(C)C)CC/C(C)=C/CC1. The molecule has 1 saturated heterocycles. The zero-order valence-electron chi connectivity index (χ0n) is 24.8. The standard InChI is InChI=1S/C31H54O4Si/c1-22-12-11-13-23(2)18-19-29(8)21-30(32)31(33,25(4)20-34-30)27(29)17-15-24(3)26(16-14-22)35-36(9,10)28(5,6)7/h12,15,18,25-27,32-33H,11,13-14,16-17,19-21H2,1-10H3/b22-12+,23-18+,24-15+/t25-,26+,27+,29-,30+,31+/m1/s1. The van der Waals surface area contributed by atoms with Crippen molar-refractivity contribution in [1.82, 2.24) is 0 Å². The Kier molecular flexibility index (Phi) is 8.66. The molecular weight excluding hydrogens is 464 g/mol. The Bertz CT molecular complexity index is 897. The number of hydrogen-bond donors (Lipinski definition) is 2. The maximum atomic E-state index is 12.1. The second-order valence-electron chi connectivity index (χ2n) is 14.1. The third kappa shape index (κ3) is 5.66. The lowest BCUT2D eigenvalue weighted by molar-refractivity contribution is -0.249. The van der Waals surface area contributed by atoms with Crippen LogP contribution in [0.25, 0.3) is 0 Å². The fourth-order valence-electron chi connectivity index (χ4n) is 6.44. The largest absolute Gasteiger partial charge is 0.410 e. The van der Waals surface area contributed by atoms with Crippen LogP contribution in [-0.4, -0.2) is 42.6 Å². The van der Waals surface area contributed by atoms with Crippen molar-refractivity contribution in [1.29, 1.82) is 0 Å². The van der Waals surface area contributed by atoms with Crippen LogP contribution in [0.3, 0.4) is 0 Å². The van der Waals surface area contributed by atoms with Crippen LogP contribution >= 0.6 is 0 Å². The van der Waals surface area contributed by atoms with Crippen LogP contribution in [0.1, 0.15) is 100 Å². The molecule has 2 aliphatic carbocycles. The van der Waals surface area contributed by atoms with Gasteiger partial charge in [0.1, 0.15) is 5.60 Å². The van der Waals surface area contributed by atoms with Gasteiger partial charge in [0.05, 0.1) is 12.7 Å². The van der Waals surface area contributed by atoms with Gasteiger partial charge < -0.3 is 19.4 Å². The summed E-state index contributed by atoms with van der Waals surface area (Å²) < 4.78 is 12.9. The molecule has 0 aromatic heterocycles. The summed E-state index contributed by atoms with van der Waals surface area (Å²) >= 11 is 0. The molecule has 36 heavy (non-hydrogen) atoms. The van der Waals surface area contributed by atoms with Crippen molar-refractivity contribution in [3.63, 3.8) is 0 Å². The summed E-state index contributed by atoms with van der Waals surface area (Å²) in [4.78, 5) is 0. The topological polar surface area (TPSA) is 58.9 Å². The predicted octanol–water partition coefficient (Wildman–Crippen LogP) is 7.68. The summed E-state index contributed by atoms with van der Waals surface area (Å²) in [7, 11) is -1.96. The summed E-state index contributed by atoms with van der Waals surface area (Å²) in [6.07, 6.45) is 13.2. The molecule has 1 aliphatic heterocycles. The van der Waals surface area contributed by atoms with Gasteiger partial charge in [-0.3, -0.25) is 0 Å². The Balaban J connectivity index is 2.02. The van der Waals surface area contributed by atoms with Crippen molar-refractivity contribution >= 4 is 8.32 Å². The van der Waals surface area contributed by atoms with Gasteiger partial charge in [0.25, 0.3) is 0 Å². The van der Waals surface area contributed by atoms with Gasteiger partial charge in [-0.25, -0.2) is 0 Å². The van der Waals surface area contributed by atoms with Gasteiger partial charge >= 0.3 is 0 Å². The molecule has 0 bridgehead atoms. The van der Waals surface area contributed by atoms with Gasteiger partial charge in [-0.2, -0.15) is 0 Å². The van der Waals surface area contributed by atoms with Crippen LogP contribution in [0.4, 0.5) is 0 Å². The summed E-state index contributed by atoms with van der Waals surface area (Å²) in [5.74, 6) is -1.68. The summed E-state index contributed by atoms with van der Waals surface area (Å²) in [6.45, 7) is 22.9. The van der Waals surface area contributed by atoms with Gasteiger partial charge in [-0.1, -0.05) is 64.0 Å². The highest BCUT2D eigenvalue weighted by molar-refractivity contribution is 6.74. The van der Waals surface area contributed by atoms with E-state index in [1.807, 2.05) is 6.92 Å². The van der Waals surface area contributed by atoms with Crippen LogP contribution in [0, 0.1) is 17.3 Å². The van der Waals surface area contributed by atoms with Crippen molar-refractivity contribution in [2.45, 2.75) is 136 Å². The van der Waals surface area contributed by atoms with E-state index in [2.05, 4.69) is 79.8 Å². The quantitative estimate of drug-likeness (QED) is 0.291. The third-order valence-electron chi connectivity index (χ3n) is 10.1. The van der Waals surface area contributed by atoms with Crippen molar-refractivity contribution in [3.8, 4) is 0 Å². The number of fused-ring (bicyclic) bond motifs is 3. The van der Waals surface area contributed by atoms with E-state index in [1.54, 1.807) is 0 Å². The van der Waals surface area contributed by atoms with Gasteiger partial charge in [0, 0.05) is 18.3 Å². The molecule has 3 rings (SSSR count). The van der Waals surface area contributed by atoms with Crippen LogP contribution in [0.15, 0.2) is 34.9 Å². The molecule has 2 fully saturated rings. The molecule has 1 saturated carbocycles. The van der Waals surface area contributed by atoms with Crippen molar-refractivity contribution in [2.75, 3.05) is 6.61 Å². The lowest BCUT2D eigenvalue weighted by Crippen LogP contribution is -2.53. The molecule has 206 valence electrons. The maximum Gasteiger partial charge on any atom is 0.196 e. The average molecular weight is 519 g/mol. The maximum absolute atomic E-state index is 12.1. The number of hydrogen-bond acceptors (Lipinski definition) is 4. The molecule has 0 unspecified atom stereocenters. The smallest absolute Gasteiger partial charge is 0.196 e. The zero-order valence-corrected chi connectivity index (χ0v) is 25.8. The normalized spacial score (nSPS) is 43.7. The van der Waals surface area contributed by atoms with Gasteiger partial charge in [-0.05, 0) is 88.4 Å². The highest BCUT2D eigenvalue weighted by Gasteiger charge is 2.72. The Hall–Kier alpha value is -0.723. The van der Waals surface area contributed by atoms with E-state index >= 15 is 0 Å². The van der Waals surface area contributed by atoms with Crippen molar-refractivity contribution in [2.24, 2.45) is 17.3 Å². The number of aliphatic hydroxyl groups is 2. The first-order valence-corrected chi connectivity index (χ1v) is 17.1. The minimum atomic E-state index is -1.96. The van der Waals surface area contributed by atoms with E-state index in [-0.39, 0.29) is 28.4 Å². The molecule has 0 radical (unpaired) electrons.